The molecule has 0 radical (unpaired) electrons. The number of nitro groups is 1. The third-order valence-electron chi connectivity index (χ3n) is 7.44. The van der Waals surface area contributed by atoms with Gasteiger partial charge in [0, 0.05) is 64.5 Å². The van der Waals surface area contributed by atoms with Crippen molar-refractivity contribution >= 4 is 80.3 Å². The first-order valence-electron chi connectivity index (χ1n) is 15.9. The summed E-state index contributed by atoms with van der Waals surface area (Å²) in [5.41, 5.74) is -0.218. The van der Waals surface area contributed by atoms with Gasteiger partial charge in [0.05, 0.1) is 16.3 Å². The van der Waals surface area contributed by atoms with Crippen LogP contribution in [0.1, 0.15) is 57.7 Å². The number of aromatic nitrogens is 3. The summed E-state index contributed by atoms with van der Waals surface area (Å²) in [6.07, 6.45) is -0.772. The number of amides is 2. The number of piperazine rings is 2. The Labute approximate surface area is 310 Å². The molecule has 1 aromatic carbocycles. The van der Waals surface area contributed by atoms with Crippen molar-refractivity contribution in [3.8, 4) is 5.69 Å². The Hall–Kier alpha value is -3.55. The number of nitro benzene ring substituents is 1. The summed E-state index contributed by atoms with van der Waals surface area (Å²) >= 11 is 14.0. The highest BCUT2D eigenvalue weighted by Crippen LogP contribution is 2.33. The van der Waals surface area contributed by atoms with Crippen LogP contribution in [0.4, 0.5) is 15.3 Å². The lowest BCUT2D eigenvalue weighted by atomic mass is 10.2. The quantitative estimate of drug-likeness (QED) is 0.125. The average molecular weight is 767 g/mol. The molecule has 0 aliphatic carbocycles. The Balaban J connectivity index is 1.49. The maximum Gasteiger partial charge on any atom is 0.410 e. The van der Waals surface area contributed by atoms with Crippen LogP contribution in [0.5, 0.6) is 0 Å². The summed E-state index contributed by atoms with van der Waals surface area (Å²) < 4.78 is 12.6. The van der Waals surface area contributed by atoms with Crippen LogP contribution in [0.3, 0.4) is 0 Å². The molecule has 4 rings (SSSR count). The first kappa shape index (κ1) is 39.2. The molecule has 1 aromatic heterocycles. The maximum atomic E-state index is 14.2. The molecule has 2 aliphatic rings. The number of carbonyl (C=O) groups is 3. The van der Waals surface area contributed by atoms with Crippen LogP contribution >= 0.6 is 48.0 Å². The highest BCUT2D eigenvalue weighted by atomic mass is 32.2. The van der Waals surface area contributed by atoms with Crippen molar-refractivity contribution in [1.82, 2.24) is 34.6 Å². The molecule has 0 spiro atoms. The summed E-state index contributed by atoms with van der Waals surface area (Å²) in [7, 11) is 0. The number of Topliss-reactive ketones (excluding diaryl/α,β-unsaturated/α-hetero) is 1. The van der Waals surface area contributed by atoms with Crippen molar-refractivity contribution in [2.75, 3.05) is 52.4 Å². The Bertz CT molecular complexity index is 1550. The second-order valence-electron chi connectivity index (χ2n) is 13.6. The fourth-order valence-electron chi connectivity index (χ4n) is 4.89. The van der Waals surface area contributed by atoms with Gasteiger partial charge in [-0.3, -0.25) is 14.9 Å². The normalized spacial score (nSPS) is 15.6. The lowest BCUT2D eigenvalue weighted by Crippen LogP contribution is -2.51. The van der Waals surface area contributed by atoms with Crippen LogP contribution in [-0.2, 0) is 9.47 Å². The topological polar surface area (TPSA) is 156 Å². The molecular weight excluding hydrogens is 725 g/mol. The summed E-state index contributed by atoms with van der Waals surface area (Å²) in [6.45, 7) is 16.1. The minimum atomic E-state index is -0.830. The molecule has 15 nitrogen and oxygen atoms in total. The number of hydrogen-bond donors (Lipinski definition) is 0. The van der Waals surface area contributed by atoms with Gasteiger partial charge in [0.15, 0.2) is 5.69 Å². The number of nitrogens with zero attached hydrogens (tertiary/aromatic N) is 8. The van der Waals surface area contributed by atoms with Gasteiger partial charge < -0.3 is 29.1 Å². The molecule has 0 atom stereocenters. The number of thioether (sulfide) groups is 2. The molecule has 2 fully saturated rings. The van der Waals surface area contributed by atoms with E-state index in [0.717, 1.165) is 0 Å². The highest BCUT2D eigenvalue weighted by molar-refractivity contribution is 8.37. The lowest BCUT2D eigenvalue weighted by Gasteiger charge is -2.38. The van der Waals surface area contributed by atoms with Crippen LogP contribution in [0.15, 0.2) is 24.3 Å². The van der Waals surface area contributed by atoms with Crippen LogP contribution in [0.25, 0.3) is 5.69 Å². The van der Waals surface area contributed by atoms with E-state index in [9.17, 15) is 24.5 Å². The van der Waals surface area contributed by atoms with Gasteiger partial charge in [-0.1, -0.05) is 53.2 Å². The number of hydrogen-bond acceptors (Lipinski definition) is 13. The van der Waals surface area contributed by atoms with Crippen LogP contribution < -0.4 is 0 Å². The molecular formula is C31H42N8O7S4. The SMILES string of the molecule is Cc1c(C(=O)C(SC(=S)N2CCN(C(=O)OC(C)(C)C)CC2)SC(=S)N2CCN(C(=O)OC(C)(C)C)CC2)nnn1-c1ccc([N+](=O)[O-])cc1. The Kier molecular flexibility index (Phi) is 12.7. The van der Waals surface area contributed by atoms with Crippen molar-refractivity contribution in [2.24, 2.45) is 0 Å². The molecule has 0 saturated carbocycles. The zero-order chi connectivity index (χ0) is 37.0. The molecule has 0 bridgehead atoms. The predicted octanol–water partition coefficient (Wildman–Crippen LogP) is 5.13. The van der Waals surface area contributed by atoms with E-state index < -0.39 is 20.7 Å². The average Bonchev–Trinajstić information content (AvgIpc) is 3.43. The molecule has 272 valence electrons. The van der Waals surface area contributed by atoms with Crippen molar-refractivity contribution in [2.45, 2.75) is 64.3 Å². The molecule has 2 aromatic rings. The van der Waals surface area contributed by atoms with Gasteiger partial charge >= 0.3 is 12.2 Å². The van der Waals surface area contributed by atoms with E-state index >= 15 is 0 Å². The van der Waals surface area contributed by atoms with E-state index in [1.54, 1.807) is 16.7 Å². The van der Waals surface area contributed by atoms with E-state index in [0.29, 0.717) is 72.4 Å². The molecule has 2 saturated heterocycles. The third kappa shape index (κ3) is 10.5. The summed E-state index contributed by atoms with van der Waals surface area (Å²) in [6, 6.07) is 5.78. The number of carbonyl (C=O) groups excluding carboxylic acids is 3. The van der Waals surface area contributed by atoms with Gasteiger partial charge in [-0.2, -0.15) is 0 Å². The Morgan fingerprint density at radius 1 is 0.780 bits per heavy atom. The molecule has 3 heterocycles. The third-order valence-corrected chi connectivity index (χ3v) is 10.9. The predicted molar refractivity (Wildman–Crippen MR) is 200 cm³/mol. The summed E-state index contributed by atoms with van der Waals surface area (Å²) in [4.78, 5) is 57.2. The largest absolute Gasteiger partial charge is 0.444 e. The van der Waals surface area contributed by atoms with Gasteiger partial charge in [-0.15, -0.1) is 5.10 Å². The highest BCUT2D eigenvalue weighted by Gasteiger charge is 2.35. The standard InChI is InChI=1S/C31H42N8O7S4/c1-20-23(32-33-38(20)21-8-10-22(11-9-21)39(43)44)24(40)25(49-28(47)36-16-12-34(13-17-36)26(41)45-30(2,3)4)50-29(48)37-18-14-35(15-19-37)27(42)46-31(5,6)7/h8-11,25H,12-19H2,1-7H3. The fraction of sp³-hybridized carbons (Fsp3) is 0.581. The lowest BCUT2D eigenvalue weighted by molar-refractivity contribution is -0.384. The minimum Gasteiger partial charge on any atom is -0.444 e. The van der Waals surface area contributed by atoms with Crippen molar-refractivity contribution in [3.63, 3.8) is 0 Å². The fourth-order valence-corrected chi connectivity index (χ4v) is 8.40. The first-order valence-corrected chi connectivity index (χ1v) is 18.5. The van der Waals surface area contributed by atoms with E-state index in [2.05, 4.69) is 10.3 Å². The number of rotatable bonds is 6. The summed E-state index contributed by atoms with van der Waals surface area (Å²) in [5, 5.41) is 19.5. The van der Waals surface area contributed by atoms with E-state index in [4.69, 9.17) is 33.9 Å². The van der Waals surface area contributed by atoms with Gasteiger partial charge in [0.1, 0.15) is 24.4 Å². The van der Waals surface area contributed by atoms with Crippen LogP contribution in [-0.4, -0.2) is 134 Å². The van der Waals surface area contributed by atoms with Gasteiger partial charge in [0.25, 0.3) is 5.69 Å². The maximum absolute atomic E-state index is 14.2. The number of ketones is 1. The number of non-ortho nitro benzene ring substituents is 1. The Morgan fingerprint density at radius 3 is 1.56 bits per heavy atom. The van der Waals surface area contributed by atoms with Gasteiger partial charge in [-0.05, 0) is 60.6 Å². The number of benzene rings is 1. The smallest absolute Gasteiger partial charge is 0.410 e. The van der Waals surface area contributed by atoms with E-state index in [-0.39, 0.29) is 29.4 Å². The van der Waals surface area contributed by atoms with Crippen molar-refractivity contribution in [1.29, 1.82) is 0 Å². The van der Waals surface area contributed by atoms with E-state index in [1.165, 1.54) is 52.5 Å². The van der Waals surface area contributed by atoms with Crippen molar-refractivity contribution in [3.05, 3.63) is 45.8 Å². The summed E-state index contributed by atoms with van der Waals surface area (Å²) in [5.74, 6) is -0.352. The number of ether oxygens (including phenoxy) is 2. The molecule has 0 unspecified atom stereocenters. The van der Waals surface area contributed by atoms with Gasteiger partial charge in [0.2, 0.25) is 5.78 Å². The molecule has 2 aliphatic heterocycles. The van der Waals surface area contributed by atoms with Crippen molar-refractivity contribution < 1.29 is 28.8 Å². The zero-order valence-electron chi connectivity index (χ0n) is 29.1. The molecule has 0 N–H and O–H groups in total. The second-order valence-corrected chi connectivity index (χ2v) is 17.4. The first-order chi connectivity index (χ1) is 23.3. The molecule has 19 heteroatoms. The zero-order valence-corrected chi connectivity index (χ0v) is 32.4. The van der Waals surface area contributed by atoms with E-state index in [1.807, 2.05) is 51.3 Å². The monoisotopic (exact) mass is 766 g/mol. The molecule has 2 amide bonds. The van der Waals surface area contributed by atoms with Gasteiger partial charge in [-0.25, -0.2) is 14.3 Å². The Morgan fingerprint density at radius 2 is 1.18 bits per heavy atom. The second kappa shape index (κ2) is 16.2. The minimum absolute atomic E-state index is 0.0726. The number of thiocarbonyl (C=S) groups is 2. The van der Waals surface area contributed by atoms with Crippen LogP contribution in [0.2, 0.25) is 0 Å². The van der Waals surface area contributed by atoms with Crippen LogP contribution in [0, 0.1) is 17.0 Å². The molecule has 50 heavy (non-hydrogen) atoms.